The molecular weight excluding hydrogens is 228 g/mol. The Kier molecular flexibility index (Phi) is 2.53. The van der Waals surface area contributed by atoms with Gasteiger partial charge in [0.25, 0.3) is 0 Å². The summed E-state index contributed by atoms with van der Waals surface area (Å²) in [5, 5.41) is 23.1. The normalized spacial score (nSPS) is 10.1. The third kappa shape index (κ3) is 1.95. The van der Waals surface area contributed by atoms with Gasteiger partial charge in [-0.1, -0.05) is 0 Å². The number of pyridine rings is 1. The molecule has 0 radical (unpaired) electrons. The van der Waals surface area contributed by atoms with Crippen LogP contribution in [0.3, 0.4) is 0 Å². The summed E-state index contributed by atoms with van der Waals surface area (Å²) in [7, 11) is 0. The van der Waals surface area contributed by atoms with Crippen LogP contribution in [0.15, 0.2) is 30.6 Å². The van der Waals surface area contributed by atoms with Crippen LogP contribution in [-0.2, 0) is 0 Å². The molecule has 17 heavy (non-hydrogen) atoms. The predicted octanol–water partition coefficient (Wildman–Crippen LogP) is 0.874. The zero-order chi connectivity index (χ0) is 12.4. The van der Waals surface area contributed by atoms with Crippen molar-refractivity contribution >= 4 is 11.7 Å². The smallest absolute Gasteiger partial charge is 0.356 e. The summed E-state index contributed by atoms with van der Waals surface area (Å²) in [4.78, 5) is 24.6. The third-order valence-corrected chi connectivity index (χ3v) is 1.99. The fourth-order valence-electron chi connectivity index (χ4n) is 1.26. The molecular formula is C9H6N4O4. The molecule has 86 valence electrons. The minimum Gasteiger partial charge on any atom is -0.476 e. The van der Waals surface area contributed by atoms with Gasteiger partial charge in [-0.15, -0.1) is 0 Å². The molecule has 0 aromatic carbocycles. The average Bonchev–Trinajstić information content (AvgIpc) is 2.78. The van der Waals surface area contributed by atoms with Crippen LogP contribution in [0.4, 0.5) is 5.69 Å². The molecule has 8 nitrogen and oxygen atoms in total. The molecule has 2 rings (SSSR count). The first kappa shape index (κ1) is 10.7. The number of carbonyl (C=O) groups is 1. The number of rotatable bonds is 3. The lowest BCUT2D eigenvalue weighted by atomic mass is 10.4. The number of nitrogens with zero attached hydrogens (tertiary/aromatic N) is 4. The van der Waals surface area contributed by atoms with Crippen LogP contribution in [0.1, 0.15) is 10.5 Å². The zero-order valence-corrected chi connectivity index (χ0v) is 8.35. The second-order valence-electron chi connectivity index (χ2n) is 3.05. The van der Waals surface area contributed by atoms with E-state index in [1.54, 1.807) is 0 Å². The summed E-state index contributed by atoms with van der Waals surface area (Å²) in [5.74, 6) is -1.23. The van der Waals surface area contributed by atoms with Crippen molar-refractivity contribution in [2.75, 3.05) is 0 Å². The Balaban J connectivity index is 2.52. The molecule has 2 heterocycles. The Hall–Kier alpha value is -2.77. The van der Waals surface area contributed by atoms with Crippen LogP contribution in [-0.4, -0.2) is 30.8 Å². The first-order valence-electron chi connectivity index (χ1n) is 4.48. The Labute approximate surface area is 94.3 Å². The van der Waals surface area contributed by atoms with E-state index in [1.165, 1.54) is 30.6 Å². The maximum Gasteiger partial charge on any atom is 0.356 e. The van der Waals surface area contributed by atoms with E-state index in [1.807, 2.05) is 0 Å². The highest BCUT2D eigenvalue weighted by Gasteiger charge is 2.17. The monoisotopic (exact) mass is 234 g/mol. The van der Waals surface area contributed by atoms with Crippen molar-refractivity contribution in [3.8, 4) is 5.82 Å². The van der Waals surface area contributed by atoms with E-state index >= 15 is 0 Å². The number of aromatic nitrogens is 3. The molecule has 0 spiro atoms. The van der Waals surface area contributed by atoms with Gasteiger partial charge in [-0.3, -0.25) is 10.1 Å². The molecule has 0 bridgehead atoms. The van der Waals surface area contributed by atoms with Gasteiger partial charge in [-0.2, -0.15) is 5.10 Å². The highest BCUT2D eigenvalue weighted by Crippen LogP contribution is 2.18. The molecule has 0 saturated carbocycles. The zero-order valence-electron chi connectivity index (χ0n) is 8.35. The Morgan fingerprint density at radius 1 is 1.47 bits per heavy atom. The minimum absolute atomic E-state index is 0.0231. The molecule has 0 aliphatic carbocycles. The van der Waals surface area contributed by atoms with Crippen molar-refractivity contribution in [3.05, 3.63) is 46.4 Å². The maximum atomic E-state index is 10.7. The number of carboxylic acid groups (broad SMARTS) is 1. The van der Waals surface area contributed by atoms with Gasteiger partial charge in [0, 0.05) is 18.5 Å². The number of carboxylic acids is 1. The van der Waals surface area contributed by atoms with Gasteiger partial charge in [-0.05, 0) is 12.1 Å². The predicted molar refractivity (Wildman–Crippen MR) is 55.0 cm³/mol. The van der Waals surface area contributed by atoms with Crippen LogP contribution >= 0.6 is 0 Å². The molecule has 0 atom stereocenters. The van der Waals surface area contributed by atoms with Crippen molar-refractivity contribution in [2.45, 2.75) is 0 Å². The largest absolute Gasteiger partial charge is 0.476 e. The lowest BCUT2D eigenvalue weighted by Crippen LogP contribution is -2.05. The fourth-order valence-corrected chi connectivity index (χ4v) is 1.26. The van der Waals surface area contributed by atoms with Gasteiger partial charge >= 0.3 is 11.7 Å². The third-order valence-electron chi connectivity index (χ3n) is 1.99. The average molecular weight is 234 g/mol. The minimum atomic E-state index is -1.21. The molecule has 0 saturated heterocycles. The van der Waals surface area contributed by atoms with Crippen molar-refractivity contribution in [3.63, 3.8) is 0 Å². The van der Waals surface area contributed by atoms with Crippen molar-refractivity contribution < 1.29 is 14.8 Å². The molecule has 8 heteroatoms. The number of hydrogen-bond acceptors (Lipinski definition) is 5. The van der Waals surface area contributed by atoms with Crippen molar-refractivity contribution in [1.82, 2.24) is 14.8 Å². The van der Waals surface area contributed by atoms with E-state index in [0.29, 0.717) is 0 Å². The summed E-state index contributed by atoms with van der Waals surface area (Å²) >= 11 is 0. The molecule has 0 unspecified atom stereocenters. The number of hydrogen-bond donors (Lipinski definition) is 1. The van der Waals surface area contributed by atoms with Crippen molar-refractivity contribution in [2.24, 2.45) is 0 Å². The van der Waals surface area contributed by atoms with Gasteiger partial charge in [0.05, 0.1) is 4.92 Å². The summed E-state index contributed by atoms with van der Waals surface area (Å²) in [5.41, 5.74) is -0.447. The fraction of sp³-hybridized carbons (Fsp3) is 0. The van der Waals surface area contributed by atoms with E-state index in [-0.39, 0.29) is 17.2 Å². The summed E-state index contributed by atoms with van der Waals surface area (Å²) < 4.78 is 1.06. The molecule has 2 aromatic heterocycles. The second-order valence-corrected chi connectivity index (χ2v) is 3.05. The van der Waals surface area contributed by atoms with Crippen LogP contribution in [0, 0.1) is 10.1 Å². The topological polar surface area (TPSA) is 111 Å². The quantitative estimate of drug-likeness (QED) is 0.623. The van der Waals surface area contributed by atoms with E-state index < -0.39 is 10.9 Å². The first-order valence-corrected chi connectivity index (χ1v) is 4.48. The highest BCUT2D eigenvalue weighted by atomic mass is 16.6. The lowest BCUT2D eigenvalue weighted by molar-refractivity contribution is -0.384. The van der Waals surface area contributed by atoms with Crippen LogP contribution in [0.5, 0.6) is 0 Å². The number of aromatic carboxylic acids is 1. The summed E-state index contributed by atoms with van der Waals surface area (Å²) in [6.07, 6.45) is 2.67. The van der Waals surface area contributed by atoms with Gasteiger partial charge in [-0.25, -0.2) is 14.5 Å². The van der Waals surface area contributed by atoms with Gasteiger partial charge < -0.3 is 5.11 Å². The first-order chi connectivity index (χ1) is 8.09. The Morgan fingerprint density at radius 2 is 2.24 bits per heavy atom. The summed E-state index contributed by atoms with van der Waals surface area (Å²) in [6.45, 7) is 0. The molecule has 2 aromatic rings. The molecule has 0 amide bonds. The Bertz CT molecular complexity index is 592. The van der Waals surface area contributed by atoms with Crippen LogP contribution in [0.25, 0.3) is 5.82 Å². The van der Waals surface area contributed by atoms with E-state index in [0.717, 1.165) is 4.68 Å². The highest BCUT2D eigenvalue weighted by molar-refractivity contribution is 5.85. The van der Waals surface area contributed by atoms with E-state index in [2.05, 4.69) is 10.1 Å². The van der Waals surface area contributed by atoms with E-state index in [4.69, 9.17) is 5.11 Å². The lowest BCUT2D eigenvalue weighted by Gasteiger charge is -2.00. The molecule has 0 aliphatic heterocycles. The molecule has 0 aliphatic rings. The molecule has 1 N–H and O–H groups in total. The van der Waals surface area contributed by atoms with Gasteiger partial charge in [0.2, 0.25) is 5.82 Å². The number of nitro groups is 1. The van der Waals surface area contributed by atoms with Gasteiger partial charge in [0.15, 0.2) is 5.69 Å². The SMILES string of the molecule is O=C(O)c1ccn(-c2ncccc2[N+](=O)[O-])n1. The molecule has 0 fully saturated rings. The second kappa shape index (κ2) is 4.00. The van der Waals surface area contributed by atoms with Crippen LogP contribution < -0.4 is 0 Å². The van der Waals surface area contributed by atoms with Crippen molar-refractivity contribution in [1.29, 1.82) is 0 Å². The van der Waals surface area contributed by atoms with E-state index in [9.17, 15) is 14.9 Å². The van der Waals surface area contributed by atoms with Gasteiger partial charge in [0.1, 0.15) is 0 Å². The maximum absolute atomic E-state index is 10.7. The van der Waals surface area contributed by atoms with Crippen LogP contribution in [0.2, 0.25) is 0 Å². The standard InChI is InChI=1S/C9H6N4O4/c14-9(15)6-3-5-12(11-6)8-7(13(16)17)2-1-4-10-8/h1-5H,(H,14,15). The summed E-state index contributed by atoms with van der Waals surface area (Å²) in [6, 6.07) is 3.93. The Morgan fingerprint density at radius 3 is 2.82 bits per heavy atom.